The van der Waals surface area contributed by atoms with Crippen LogP contribution < -0.4 is 4.90 Å². The quantitative estimate of drug-likeness (QED) is 0.139. The Labute approximate surface area is 290 Å². The first kappa shape index (κ1) is 33.5. The smallest absolute Gasteiger partial charge is 0.0546 e. The zero-order valence-corrected chi connectivity index (χ0v) is 30.2. The van der Waals surface area contributed by atoms with Crippen LogP contribution in [-0.4, -0.2) is 0 Å². The highest BCUT2D eigenvalue weighted by Gasteiger charge is 2.47. The lowest BCUT2D eigenvalue weighted by molar-refractivity contribution is 0.511. The molecule has 1 unspecified atom stereocenters. The Morgan fingerprint density at radius 1 is 0.625 bits per heavy atom. The van der Waals surface area contributed by atoms with Crippen molar-refractivity contribution in [2.45, 2.75) is 96.8 Å². The fraction of sp³-hybridized carbons (Fsp3) is 0.319. The van der Waals surface area contributed by atoms with E-state index >= 15 is 0 Å². The van der Waals surface area contributed by atoms with Crippen molar-refractivity contribution in [1.29, 1.82) is 0 Å². The first-order valence-corrected chi connectivity index (χ1v) is 18.0. The van der Waals surface area contributed by atoms with Crippen molar-refractivity contribution in [3.63, 3.8) is 0 Å². The Hall–Kier alpha value is -4.36. The van der Waals surface area contributed by atoms with Gasteiger partial charge in [-0.3, -0.25) is 0 Å². The number of nitrogens with zero attached hydrogens (tertiary/aromatic N) is 1. The molecule has 0 heterocycles. The number of fused-ring (bicyclic) bond motifs is 3. The van der Waals surface area contributed by atoms with E-state index in [-0.39, 0.29) is 16.2 Å². The van der Waals surface area contributed by atoms with Gasteiger partial charge in [-0.25, -0.2) is 0 Å². The zero-order chi connectivity index (χ0) is 34.1. The van der Waals surface area contributed by atoms with Crippen LogP contribution in [0.3, 0.4) is 0 Å². The first-order valence-electron chi connectivity index (χ1n) is 18.0. The molecule has 0 amide bonds. The van der Waals surface area contributed by atoms with Crippen LogP contribution in [0.15, 0.2) is 122 Å². The van der Waals surface area contributed by atoms with Crippen LogP contribution in [-0.2, 0) is 16.2 Å². The predicted molar refractivity (Wildman–Crippen MR) is 209 cm³/mol. The summed E-state index contributed by atoms with van der Waals surface area (Å²) in [5, 5.41) is 0. The molecule has 1 heteroatoms. The van der Waals surface area contributed by atoms with E-state index in [1.165, 1.54) is 81.7 Å². The van der Waals surface area contributed by atoms with Crippen molar-refractivity contribution < 1.29 is 0 Å². The van der Waals surface area contributed by atoms with E-state index in [2.05, 4.69) is 175 Å². The summed E-state index contributed by atoms with van der Waals surface area (Å²) in [4.78, 5) is 2.49. The molecule has 0 spiro atoms. The number of hydrogen-bond acceptors (Lipinski definition) is 1. The van der Waals surface area contributed by atoms with E-state index in [1.807, 2.05) is 6.08 Å². The highest BCUT2D eigenvalue weighted by molar-refractivity contribution is 5.96. The van der Waals surface area contributed by atoms with Gasteiger partial charge in [0.25, 0.3) is 0 Å². The van der Waals surface area contributed by atoms with E-state index in [1.54, 1.807) is 0 Å². The maximum absolute atomic E-state index is 4.08. The molecule has 0 saturated carbocycles. The van der Waals surface area contributed by atoms with Crippen molar-refractivity contribution >= 4 is 23.1 Å². The van der Waals surface area contributed by atoms with Crippen molar-refractivity contribution in [2.24, 2.45) is 0 Å². The SMILES string of the molecule is C=Cc1ccc(C2(CCCCCC)c3cc(C(C)(C)C)ccc3-c3c(N(c4ccccc4)c4ccccc4)cc(C(C)(C)C)cc32)cc1. The minimum absolute atomic E-state index is 0.0317. The summed E-state index contributed by atoms with van der Waals surface area (Å²) < 4.78 is 0. The fourth-order valence-corrected chi connectivity index (χ4v) is 7.61. The normalized spacial score (nSPS) is 15.6. The summed E-state index contributed by atoms with van der Waals surface area (Å²) in [7, 11) is 0. The molecular weight excluding hydrogens is 579 g/mol. The van der Waals surface area contributed by atoms with E-state index < -0.39 is 0 Å². The van der Waals surface area contributed by atoms with E-state index in [9.17, 15) is 0 Å². The van der Waals surface area contributed by atoms with E-state index in [0.717, 1.165) is 12.0 Å². The minimum atomic E-state index is -0.283. The van der Waals surface area contributed by atoms with Gasteiger partial charge in [0.15, 0.2) is 0 Å². The lowest BCUT2D eigenvalue weighted by Crippen LogP contribution is -2.28. The Morgan fingerprint density at radius 3 is 1.75 bits per heavy atom. The molecule has 1 atom stereocenters. The number of para-hydroxylation sites is 2. The average Bonchev–Trinajstić information content (AvgIpc) is 3.37. The average molecular weight is 632 g/mol. The third kappa shape index (κ3) is 6.16. The summed E-state index contributed by atoms with van der Waals surface area (Å²) in [6.45, 7) is 20.5. The van der Waals surface area contributed by atoms with Crippen LogP contribution in [0.25, 0.3) is 17.2 Å². The van der Waals surface area contributed by atoms with Crippen LogP contribution in [0.4, 0.5) is 17.1 Å². The second-order valence-electron chi connectivity index (χ2n) is 15.7. The van der Waals surface area contributed by atoms with Gasteiger partial charge in [0.05, 0.1) is 5.69 Å². The molecule has 0 N–H and O–H groups in total. The van der Waals surface area contributed by atoms with Gasteiger partial charge in [-0.1, -0.05) is 172 Å². The molecule has 0 bridgehead atoms. The van der Waals surface area contributed by atoms with Gasteiger partial charge in [-0.15, -0.1) is 0 Å². The summed E-state index contributed by atoms with van der Waals surface area (Å²) in [6.07, 6.45) is 7.92. The van der Waals surface area contributed by atoms with Crippen molar-refractivity contribution in [3.8, 4) is 11.1 Å². The maximum atomic E-state index is 4.08. The molecule has 5 aromatic rings. The van der Waals surface area contributed by atoms with E-state index in [0.29, 0.717) is 0 Å². The van der Waals surface area contributed by atoms with Crippen LogP contribution in [0.2, 0.25) is 0 Å². The summed E-state index contributed by atoms with van der Waals surface area (Å²) in [5.74, 6) is 0. The summed E-state index contributed by atoms with van der Waals surface area (Å²) in [5.41, 5.74) is 14.2. The van der Waals surface area contributed by atoms with Crippen molar-refractivity contribution in [3.05, 3.63) is 155 Å². The molecule has 1 aliphatic rings. The van der Waals surface area contributed by atoms with Gasteiger partial charge in [-0.2, -0.15) is 0 Å². The van der Waals surface area contributed by atoms with Gasteiger partial charge in [0, 0.05) is 22.4 Å². The van der Waals surface area contributed by atoms with Gasteiger partial charge >= 0.3 is 0 Å². The zero-order valence-electron chi connectivity index (χ0n) is 30.2. The number of unbranched alkanes of at least 4 members (excludes halogenated alkanes) is 3. The first-order chi connectivity index (χ1) is 23.0. The molecular formula is C47H53N. The van der Waals surface area contributed by atoms with Crippen LogP contribution in [0.5, 0.6) is 0 Å². The fourth-order valence-electron chi connectivity index (χ4n) is 7.61. The Kier molecular flexibility index (Phi) is 9.27. The highest BCUT2D eigenvalue weighted by Crippen LogP contribution is 2.60. The summed E-state index contributed by atoms with van der Waals surface area (Å²) >= 11 is 0. The monoisotopic (exact) mass is 631 g/mol. The third-order valence-electron chi connectivity index (χ3n) is 10.4. The molecule has 0 aromatic heterocycles. The second-order valence-corrected chi connectivity index (χ2v) is 15.7. The lowest BCUT2D eigenvalue weighted by atomic mass is 9.67. The molecule has 0 fully saturated rings. The number of rotatable bonds is 10. The minimum Gasteiger partial charge on any atom is -0.310 e. The number of anilines is 3. The Morgan fingerprint density at radius 2 is 1.21 bits per heavy atom. The Bertz CT molecular complexity index is 1830. The molecule has 48 heavy (non-hydrogen) atoms. The lowest BCUT2D eigenvalue weighted by Gasteiger charge is -2.36. The van der Waals surface area contributed by atoms with Gasteiger partial charge in [0.1, 0.15) is 0 Å². The largest absolute Gasteiger partial charge is 0.310 e. The maximum Gasteiger partial charge on any atom is 0.0546 e. The number of hydrogen-bond donors (Lipinski definition) is 0. The van der Waals surface area contributed by atoms with Gasteiger partial charge in [0.2, 0.25) is 0 Å². The molecule has 1 aliphatic carbocycles. The van der Waals surface area contributed by atoms with Crippen molar-refractivity contribution in [2.75, 3.05) is 4.90 Å². The second kappa shape index (κ2) is 13.3. The summed E-state index contributed by atoms with van der Waals surface area (Å²) in [6, 6.07) is 43.5. The van der Waals surface area contributed by atoms with Crippen LogP contribution >= 0.6 is 0 Å². The predicted octanol–water partition coefficient (Wildman–Crippen LogP) is 13.7. The van der Waals surface area contributed by atoms with Crippen LogP contribution in [0.1, 0.15) is 114 Å². The van der Waals surface area contributed by atoms with Crippen molar-refractivity contribution in [1.82, 2.24) is 0 Å². The van der Waals surface area contributed by atoms with Gasteiger partial charge in [-0.05, 0) is 86.5 Å². The molecule has 246 valence electrons. The molecule has 5 aromatic carbocycles. The molecule has 0 aliphatic heterocycles. The molecule has 0 radical (unpaired) electrons. The van der Waals surface area contributed by atoms with Crippen LogP contribution in [0, 0.1) is 0 Å². The standard InChI is InChI=1S/C47H53N/c1-9-11-12-19-30-47(35-26-24-34(10-2)25-27-35)41-31-36(45(3,4)5)28-29-40(41)44-42(47)32-37(46(6,7)8)33-43(44)48(38-20-15-13-16-21-38)39-22-17-14-18-23-39/h10,13-18,20-29,31-33H,2,9,11-12,19,30H2,1,3-8H3. The molecule has 6 rings (SSSR count). The van der Waals surface area contributed by atoms with E-state index in [4.69, 9.17) is 0 Å². The highest BCUT2D eigenvalue weighted by atomic mass is 15.1. The molecule has 0 saturated heterocycles. The van der Waals surface area contributed by atoms with Gasteiger partial charge < -0.3 is 4.90 Å². The molecule has 1 nitrogen and oxygen atoms in total. The Balaban J connectivity index is 1.77. The number of benzene rings is 5. The topological polar surface area (TPSA) is 3.24 Å². The third-order valence-corrected chi connectivity index (χ3v) is 10.4.